The molecule has 6 rings (SSSR count). The minimum absolute atomic E-state index is 0.0660. The Kier molecular flexibility index (Phi) is 6.38. The van der Waals surface area contributed by atoms with E-state index in [4.69, 9.17) is 9.47 Å². The van der Waals surface area contributed by atoms with Gasteiger partial charge in [-0.05, 0) is 77.4 Å². The summed E-state index contributed by atoms with van der Waals surface area (Å²) < 4.78 is 13.1. The Hall–Kier alpha value is -3.72. The topological polar surface area (TPSA) is 98.2 Å². The van der Waals surface area contributed by atoms with Gasteiger partial charge in [-0.25, -0.2) is 4.68 Å². The number of aromatic amines is 1. The predicted molar refractivity (Wildman–Crippen MR) is 139 cm³/mol. The molecule has 2 aliphatic rings. The predicted octanol–water partition coefficient (Wildman–Crippen LogP) is 4.57. The van der Waals surface area contributed by atoms with E-state index in [0.29, 0.717) is 31.2 Å². The lowest BCUT2D eigenvalue weighted by Gasteiger charge is -2.25. The number of pyridine rings is 1. The highest BCUT2D eigenvalue weighted by Gasteiger charge is 2.23. The highest BCUT2D eigenvalue weighted by Crippen LogP contribution is 2.33. The zero-order valence-corrected chi connectivity index (χ0v) is 21.4. The molecule has 1 aliphatic heterocycles. The van der Waals surface area contributed by atoms with Crippen molar-refractivity contribution in [1.82, 2.24) is 30.1 Å². The van der Waals surface area contributed by atoms with E-state index in [2.05, 4.69) is 44.5 Å². The maximum atomic E-state index is 13.2. The number of H-pyrrole nitrogens is 1. The smallest absolute Gasteiger partial charge is 0.252 e. The highest BCUT2D eigenvalue weighted by atomic mass is 16.7. The van der Waals surface area contributed by atoms with Crippen LogP contribution < -0.4 is 15.0 Å². The number of aromatic nitrogens is 5. The molecule has 3 heterocycles. The average molecular weight is 501 g/mol. The molecule has 0 radical (unpaired) electrons. The third-order valence-electron chi connectivity index (χ3n) is 7.71. The molecule has 9 heteroatoms. The van der Waals surface area contributed by atoms with Crippen LogP contribution in [0.4, 0.5) is 0 Å². The Morgan fingerprint density at radius 3 is 2.70 bits per heavy atom. The van der Waals surface area contributed by atoms with Crippen molar-refractivity contribution in [2.75, 3.05) is 6.79 Å². The molecule has 0 bridgehead atoms. The molecule has 37 heavy (non-hydrogen) atoms. The highest BCUT2D eigenvalue weighted by molar-refractivity contribution is 5.83. The Bertz CT molecular complexity index is 1490. The maximum Gasteiger partial charge on any atom is 0.252 e. The quantitative estimate of drug-likeness (QED) is 0.397. The molecule has 4 aromatic rings. The van der Waals surface area contributed by atoms with Crippen LogP contribution in [0.15, 0.2) is 41.2 Å². The van der Waals surface area contributed by atoms with Gasteiger partial charge >= 0.3 is 0 Å². The molecule has 1 fully saturated rings. The van der Waals surface area contributed by atoms with Gasteiger partial charge in [0.05, 0.1) is 18.1 Å². The fourth-order valence-corrected chi connectivity index (χ4v) is 5.52. The normalized spacial score (nSPS) is 15.6. The lowest BCUT2D eigenvalue weighted by Crippen LogP contribution is -2.29. The van der Waals surface area contributed by atoms with Gasteiger partial charge in [0.2, 0.25) is 6.79 Å². The molecule has 1 aliphatic carbocycles. The first kappa shape index (κ1) is 23.7. The summed E-state index contributed by atoms with van der Waals surface area (Å²) in [4.78, 5) is 18.5. The van der Waals surface area contributed by atoms with Crippen LogP contribution in [0.1, 0.15) is 66.2 Å². The Morgan fingerprint density at radius 2 is 1.84 bits per heavy atom. The van der Waals surface area contributed by atoms with Crippen LogP contribution >= 0.6 is 0 Å². The van der Waals surface area contributed by atoms with E-state index in [1.165, 1.54) is 19.3 Å². The maximum absolute atomic E-state index is 13.2. The third-order valence-corrected chi connectivity index (χ3v) is 7.71. The second kappa shape index (κ2) is 9.97. The second-order valence-electron chi connectivity index (χ2n) is 10.3. The number of hydrogen-bond donors (Lipinski definition) is 1. The third kappa shape index (κ3) is 4.83. The van der Waals surface area contributed by atoms with Gasteiger partial charge in [0.15, 0.2) is 17.3 Å². The van der Waals surface area contributed by atoms with Crippen LogP contribution in [0.2, 0.25) is 0 Å². The summed E-state index contributed by atoms with van der Waals surface area (Å²) in [7, 11) is 0. The molecule has 9 nitrogen and oxygen atoms in total. The molecule has 0 atom stereocenters. The average Bonchev–Trinajstić information content (AvgIpc) is 3.57. The van der Waals surface area contributed by atoms with E-state index in [-0.39, 0.29) is 12.4 Å². The number of benzene rings is 2. The number of fused-ring (bicyclic) bond motifs is 2. The van der Waals surface area contributed by atoms with E-state index in [1.54, 1.807) is 0 Å². The summed E-state index contributed by atoms with van der Waals surface area (Å²) in [5, 5.41) is 13.8. The second-order valence-corrected chi connectivity index (χ2v) is 10.3. The lowest BCUT2D eigenvalue weighted by atomic mass is 9.95. The Morgan fingerprint density at radius 1 is 1.00 bits per heavy atom. The molecule has 192 valence electrons. The molecule has 2 aromatic heterocycles. The summed E-state index contributed by atoms with van der Waals surface area (Å²) in [6.07, 6.45) is 5.88. The van der Waals surface area contributed by atoms with Crippen LogP contribution in [0.25, 0.3) is 10.9 Å². The zero-order valence-electron chi connectivity index (χ0n) is 21.4. The van der Waals surface area contributed by atoms with E-state index in [1.807, 2.05) is 35.9 Å². The van der Waals surface area contributed by atoms with Gasteiger partial charge < -0.3 is 14.5 Å². The van der Waals surface area contributed by atoms with Crippen molar-refractivity contribution >= 4 is 10.9 Å². The molecule has 0 amide bonds. The van der Waals surface area contributed by atoms with Gasteiger partial charge in [-0.3, -0.25) is 9.69 Å². The van der Waals surface area contributed by atoms with Gasteiger partial charge in [0, 0.05) is 18.7 Å². The summed E-state index contributed by atoms with van der Waals surface area (Å²) in [5.74, 6) is 2.34. The van der Waals surface area contributed by atoms with E-state index in [0.717, 1.165) is 57.8 Å². The van der Waals surface area contributed by atoms with Gasteiger partial charge in [-0.15, -0.1) is 5.10 Å². The first-order chi connectivity index (χ1) is 18.0. The first-order valence-corrected chi connectivity index (χ1v) is 13.0. The van der Waals surface area contributed by atoms with Gasteiger partial charge in [0.25, 0.3) is 5.56 Å². The van der Waals surface area contributed by atoms with Crippen LogP contribution in [0.5, 0.6) is 11.5 Å². The van der Waals surface area contributed by atoms with E-state index >= 15 is 0 Å². The lowest BCUT2D eigenvalue weighted by molar-refractivity contribution is 0.174. The molecule has 0 unspecified atom stereocenters. The van der Waals surface area contributed by atoms with Crippen LogP contribution in [-0.2, 0) is 19.6 Å². The zero-order chi connectivity index (χ0) is 25.4. The SMILES string of the molecule is Cc1ccc2cc(CN(Cc3ccc4c(c3)OCO4)Cc3nnnn3C3CCCCC3)c(=O)[nH]c2c1C. The molecule has 1 saturated carbocycles. The van der Waals surface area contributed by atoms with Crippen molar-refractivity contribution in [3.63, 3.8) is 0 Å². The number of nitrogens with one attached hydrogen (secondary N) is 1. The van der Waals surface area contributed by atoms with Crippen LogP contribution in [0, 0.1) is 13.8 Å². The molecule has 0 saturated heterocycles. The number of rotatable bonds is 7. The minimum atomic E-state index is -0.0660. The number of hydrogen-bond acceptors (Lipinski definition) is 7. The molecule has 2 aromatic carbocycles. The summed E-state index contributed by atoms with van der Waals surface area (Å²) >= 11 is 0. The largest absolute Gasteiger partial charge is 0.454 e. The van der Waals surface area contributed by atoms with Crippen molar-refractivity contribution in [2.24, 2.45) is 0 Å². The molecule has 0 spiro atoms. The monoisotopic (exact) mass is 500 g/mol. The van der Waals surface area contributed by atoms with E-state index in [9.17, 15) is 4.79 Å². The minimum Gasteiger partial charge on any atom is -0.454 e. The number of nitrogens with zero attached hydrogens (tertiary/aromatic N) is 5. The van der Waals surface area contributed by atoms with Crippen LogP contribution in [0.3, 0.4) is 0 Å². The first-order valence-electron chi connectivity index (χ1n) is 13.0. The van der Waals surface area contributed by atoms with Crippen molar-refractivity contribution in [1.29, 1.82) is 0 Å². The number of aryl methyl sites for hydroxylation is 2. The Labute approximate surface area is 215 Å². The van der Waals surface area contributed by atoms with Gasteiger partial charge in [-0.1, -0.05) is 37.5 Å². The fraction of sp³-hybridized carbons (Fsp3) is 0.429. The molecular weight excluding hydrogens is 468 g/mol. The van der Waals surface area contributed by atoms with Crippen molar-refractivity contribution in [3.05, 3.63) is 74.8 Å². The Balaban J connectivity index is 1.32. The number of ether oxygens (including phenoxy) is 2. The molecular formula is C28H32N6O3. The van der Waals surface area contributed by atoms with Crippen molar-refractivity contribution in [3.8, 4) is 11.5 Å². The standard InChI is InChI=1S/C28H32N6O3/c1-18-8-10-21-13-22(28(35)29-27(21)19(18)2)15-33(14-20-9-11-24-25(12-20)37-17-36-24)16-26-30-31-32-34(26)23-6-4-3-5-7-23/h8-13,23H,3-7,14-17H2,1-2H3,(H,29,35). The van der Waals surface area contributed by atoms with E-state index < -0.39 is 0 Å². The van der Waals surface area contributed by atoms with Crippen molar-refractivity contribution in [2.45, 2.75) is 71.6 Å². The number of tetrazole rings is 1. The van der Waals surface area contributed by atoms with Crippen LogP contribution in [-0.4, -0.2) is 36.9 Å². The summed E-state index contributed by atoms with van der Waals surface area (Å²) in [6.45, 7) is 5.95. The molecule has 1 N–H and O–H groups in total. The summed E-state index contributed by atoms with van der Waals surface area (Å²) in [5.41, 5.74) is 4.89. The van der Waals surface area contributed by atoms with Crippen molar-refractivity contribution < 1.29 is 9.47 Å². The van der Waals surface area contributed by atoms with Gasteiger partial charge in [-0.2, -0.15) is 0 Å². The van der Waals surface area contributed by atoms with Gasteiger partial charge in [0.1, 0.15) is 0 Å². The fourth-order valence-electron chi connectivity index (χ4n) is 5.52. The summed E-state index contributed by atoms with van der Waals surface area (Å²) in [6, 6.07) is 12.5.